The Morgan fingerprint density at radius 2 is 1.76 bits per heavy atom. The number of carbonyl (C=O) groups excluding carboxylic acids is 2. The fourth-order valence-electron chi connectivity index (χ4n) is 5.04. The number of aromatic nitrogens is 2. The van der Waals surface area contributed by atoms with Crippen LogP contribution in [0.3, 0.4) is 0 Å². The van der Waals surface area contributed by atoms with Crippen molar-refractivity contribution >= 4 is 35.0 Å². The van der Waals surface area contributed by atoms with Crippen LogP contribution in [0, 0.1) is 0 Å². The zero-order valence-electron chi connectivity index (χ0n) is 20.1. The molecule has 1 aliphatic carbocycles. The van der Waals surface area contributed by atoms with E-state index in [0.29, 0.717) is 17.5 Å². The van der Waals surface area contributed by atoms with Crippen molar-refractivity contribution in [3.05, 3.63) is 30.5 Å². The lowest BCUT2D eigenvalue weighted by atomic mass is 10.0. The van der Waals surface area contributed by atoms with Crippen molar-refractivity contribution in [2.24, 2.45) is 0 Å². The van der Waals surface area contributed by atoms with Crippen LogP contribution in [0.4, 0.5) is 23.1 Å². The molecule has 5 rings (SSSR count). The molecule has 2 amide bonds. The molecule has 180 valence electrons. The Kier molecular flexibility index (Phi) is 5.79. The Morgan fingerprint density at radius 1 is 1.09 bits per heavy atom. The molecule has 1 saturated heterocycles. The number of carbonyl (C=O) groups is 2. The van der Waals surface area contributed by atoms with Crippen molar-refractivity contribution in [1.29, 1.82) is 0 Å². The highest BCUT2D eigenvalue weighted by atomic mass is 16.5. The van der Waals surface area contributed by atoms with Crippen LogP contribution in [-0.4, -0.2) is 64.5 Å². The van der Waals surface area contributed by atoms with Gasteiger partial charge < -0.3 is 19.9 Å². The summed E-state index contributed by atoms with van der Waals surface area (Å²) in [5.74, 6) is 1.61. The van der Waals surface area contributed by atoms with E-state index in [1.54, 1.807) is 27.0 Å². The van der Waals surface area contributed by atoms with Gasteiger partial charge in [-0.2, -0.15) is 4.98 Å². The van der Waals surface area contributed by atoms with E-state index in [1.807, 2.05) is 21.9 Å². The molecule has 3 aliphatic rings. The number of fused-ring (bicyclic) bond motifs is 1. The van der Waals surface area contributed by atoms with Crippen LogP contribution in [0.15, 0.2) is 30.5 Å². The SMILES string of the molecule is CC(=O)N1CCN(c2ccc(Nc3ncc4c(n3)N(C3CCCC3)C(=O)C(C)(C)O4)cc2)CC1. The number of benzene rings is 1. The number of nitrogens with one attached hydrogen (secondary N) is 1. The number of nitrogens with zero attached hydrogens (tertiary/aromatic N) is 5. The lowest BCUT2D eigenvalue weighted by Crippen LogP contribution is -2.55. The highest BCUT2D eigenvalue weighted by Crippen LogP contribution is 2.40. The van der Waals surface area contributed by atoms with E-state index in [2.05, 4.69) is 27.3 Å². The van der Waals surface area contributed by atoms with Gasteiger partial charge in [0, 0.05) is 50.5 Å². The Hall–Kier alpha value is -3.36. The summed E-state index contributed by atoms with van der Waals surface area (Å²) in [4.78, 5) is 39.9. The molecular formula is C25H32N6O3. The normalized spacial score (nSPS) is 20.2. The van der Waals surface area contributed by atoms with Gasteiger partial charge in [-0.3, -0.25) is 14.5 Å². The first-order valence-electron chi connectivity index (χ1n) is 12.1. The van der Waals surface area contributed by atoms with Crippen LogP contribution in [0.1, 0.15) is 46.5 Å². The molecule has 3 heterocycles. The maximum absolute atomic E-state index is 13.2. The van der Waals surface area contributed by atoms with Gasteiger partial charge in [0.05, 0.1) is 6.20 Å². The van der Waals surface area contributed by atoms with E-state index in [1.165, 1.54) is 0 Å². The summed E-state index contributed by atoms with van der Waals surface area (Å²) in [6.07, 6.45) is 5.87. The average molecular weight is 465 g/mol. The molecule has 1 N–H and O–H groups in total. The first-order valence-corrected chi connectivity index (χ1v) is 12.1. The van der Waals surface area contributed by atoms with Gasteiger partial charge in [-0.15, -0.1) is 0 Å². The number of hydrogen-bond donors (Lipinski definition) is 1. The number of ether oxygens (including phenoxy) is 1. The summed E-state index contributed by atoms with van der Waals surface area (Å²) in [7, 11) is 0. The van der Waals surface area contributed by atoms with Crippen molar-refractivity contribution in [3.8, 4) is 5.75 Å². The summed E-state index contributed by atoms with van der Waals surface area (Å²) in [6, 6.07) is 8.26. The molecule has 34 heavy (non-hydrogen) atoms. The molecule has 0 atom stereocenters. The highest BCUT2D eigenvalue weighted by Gasteiger charge is 2.45. The third kappa shape index (κ3) is 4.26. The Labute approximate surface area is 200 Å². The predicted octanol–water partition coefficient (Wildman–Crippen LogP) is 3.34. The van der Waals surface area contributed by atoms with Gasteiger partial charge in [0.1, 0.15) is 0 Å². The van der Waals surface area contributed by atoms with Crippen LogP contribution >= 0.6 is 0 Å². The van der Waals surface area contributed by atoms with Crippen LogP contribution in [0.25, 0.3) is 0 Å². The minimum Gasteiger partial charge on any atom is -0.472 e. The smallest absolute Gasteiger partial charge is 0.272 e. The minimum absolute atomic E-state index is 0.0502. The maximum atomic E-state index is 13.2. The molecule has 9 heteroatoms. The first-order chi connectivity index (χ1) is 16.3. The van der Waals surface area contributed by atoms with Gasteiger partial charge in [-0.1, -0.05) is 12.8 Å². The van der Waals surface area contributed by atoms with Gasteiger partial charge in [0.25, 0.3) is 5.91 Å². The second-order valence-electron chi connectivity index (χ2n) is 9.77. The quantitative estimate of drug-likeness (QED) is 0.742. The van der Waals surface area contributed by atoms with E-state index >= 15 is 0 Å². The largest absolute Gasteiger partial charge is 0.472 e. The second kappa shape index (κ2) is 8.77. The fourth-order valence-corrected chi connectivity index (χ4v) is 5.04. The summed E-state index contributed by atoms with van der Waals surface area (Å²) >= 11 is 0. The third-order valence-corrected chi connectivity index (χ3v) is 6.97. The zero-order valence-corrected chi connectivity index (χ0v) is 20.1. The highest BCUT2D eigenvalue weighted by molar-refractivity contribution is 6.02. The topological polar surface area (TPSA) is 90.9 Å². The molecule has 0 radical (unpaired) electrons. The molecule has 2 aliphatic heterocycles. The maximum Gasteiger partial charge on any atom is 0.272 e. The first kappa shape index (κ1) is 22.4. The molecule has 2 aromatic rings. The van der Waals surface area contributed by atoms with Gasteiger partial charge >= 0.3 is 0 Å². The fraction of sp³-hybridized carbons (Fsp3) is 0.520. The molecule has 2 fully saturated rings. The second-order valence-corrected chi connectivity index (χ2v) is 9.77. The summed E-state index contributed by atoms with van der Waals surface area (Å²) in [6.45, 7) is 8.35. The van der Waals surface area contributed by atoms with Crippen LogP contribution in [0.5, 0.6) is 5.75 Å². The van der Waals surface area contributed by atoms with E-state index in [4.69, 9.17) is 9.72 Å². The van der Waals surface area contributed by atoms with Crippen LogP contribution < -0.4 is 19.9 Å². The van der Waals surface area contributed by atoms with E-state index < -0.39 is 5.60 Å². The van der Waals surface area contributed by atoms with Gasteiger partial charge in [-0.25, -0.2) is 4.98 Å². The van der Waals surface area contributed by atoms with Crippen molar-refractivity contribution in [1.82, 2.24) is 14.9 Å². The number of hydrogen-bond acceptors (Lipinski definition) is 7. The third-order valence-electron chi connectivity index (χ3n) is 6.97. The average Bonchev–Trinajstić information content (AvgIpc) is 3.35. The molecule has 0 spiro atoms. The summed E-state index contributed by atoms with van der Waals surface area (Å²) in [5.41, 5.74) is 1.05. The summed E-state index contributed by atoms with van der Waals surface area (Å²) in [5, 5.41) is 3.27. The number of amides is 2. The predicted molar refractivity (Wildman–Crippen MR) is 131 cm³/mol. The van der Waals surface area contributed by atoms with E-state index in [0.717, 1.165) is 63.2 Å². The summed E-state index contributed by atoms with van der Waals surface area (Å²) < 4.78 is 5.96. The van der Waals surface area contributed by atoms with Crippen molar-refractivity contribution in [3.63, 3.8) is 0 Å². The minimum atomic E-state index is -0.931. The van der Waals surface area contributed by atoms with Crippen molar-refractivity contribution < 1.29 is 14.3 Å². The standard InChI is InChI=1S/C25H32N6O3/c1-17(32)29-12-14-30(15-13-29)19-10-8-18(9-11-19)27-24-26-16-21-22(28-24)31(20-6-4-5-7-20)23(33)25(2,3)34-21/h8-11,16,20H,4-7,12-15H2,1-3H3,(H,26,27,28). The monoisotopic (exact) mass is 464 g/mol. The molecule has 1 aromatic heterocycles. The zero-order chi connectivity index (χ0) is 23.9. The molecule has 9 nitrogen and oxygen atoms in total. The lowest BCUT2D eigenvalue weighted by molar-refractivity contribution is -0.133. The van der Waals surface area contributed by atoms with Gasteiger partial charge in [-0.05, 0) is 51.0 Å². The van der Waals surface area contributed by atoms with E-state index in [9.17, 15) is 9.59 Å². The van der Waals surface area contributed by atoms with E-state index in [-0.39, 0.29) is 17.9 Å². The number of piperazine rings is 1. The van der Waals surface area contributed by atoms with Crippen LogP contribution in [0.2, 0.25) is 0 Å². The Morgan fingerprint density at radius 3 is 2.41 bits per heavy atom. The molecular weight excluding hydrogens is 432 g/mol. The Bertz CT molecular complexity index is 1070. The lowest BCUT2D eigenvalue weighted by Gasteiger charge is -2.40. The molecule has 0 unspecified atom stereocenters. The van der Waals surface area contributed by atoms with Gasteiger partial charge in [0.2, 0.25) is 11.9 Å². The Balaban J connectivity index is 1.32. The molecule has 1 aromatic carbocycles. The number of anilines is 4. The van der Waals surface area contributed by atoms with Gasteiger partial charge in [0.15, 0.2) is 17.2 Å². The number of rotatable bonds is 4. The van der Waals surface area contributed by atoms with Crippen molar-refractivity contribution in [2.45, 2.75) is 58.1 Å². The van der Waals surface area contributed by atoms with Crippen LogP contribution in [-0.2, 0) is 9.59 Å². The molecule has 1 saturated carbocycles. The van der Waals surface area contributed by atoms with Crippen molar-refractivity contribution in [2.75, 3.05) is 41.3 Å². The molecule has 0 bridgehead atoms.